The number of benzene rings is 1. The summed E-state index contributed by atoms with van der Waals surface area (Å²) < 4.78 is 0. The van der Waals surface area contributed by atoms with Crippen LogP contribution in [0, 0.1) is 0 Å². The standard InChI is InChI=1S/C13H13ClN4/c14-10-1-3-11(4-2-10)17-13-16-8-9-7-15-6-5-12(9)18-13/h1-4,8,15H,5-7H2,(H,16,17,18). The molecule has 0 aliphatic carbocycles. The maximum absolute atomic E-state index is 5.84. The van der Waals surface area contributed by atoms with E-state index in [-0.39, 0.29) is 0 Å². The normalized spacial score (nSPS) is 14.1. The molecular weight excluding hydrogens is 248 g/mol. The van der Waals surface area contributed by atoms with E-state index >= 15 is 0 Å². The van der Waals surface area contributed by atoms with Gasteiger partial charge in [0.2, 0.25) is 5.95 Å². The van der Waals surface area contributed by atoms with E-state index in [4.69, 9.17) is 11.6 Å². The number of hydrogen-bond donors (Lipinski definition) is 2. The van der Waals surface area contributed by atoms with E-state index in [1.165, 1.54) is 5.56 Å². The van der Waals surface area contributed by atoms with Gasteiger partial charge in [0.15, 0.2) is 0 Å². The molecule has 0 fully saturated rings. The highest BCUT2D eigenvalue weighted by Gasteiger charge is 2.11. The molecule has 0 atom stereocenters. The topological polar surface area (TPSA) is 49.8 Å². The highest BCUT2D eigenvalue weighted by molar-refractivity contribution is 6.30. The van der Waals surface area contributed by atoms with E-state index < -0.39 is 0 Å². The van der Waals surface area contributed by atoms with Crippen molar-refractivity contribution in [3.63, 3.8) is 0 Å². The lowest BCUT2D eigenvalue weighted by Gasteiger charge is -2.16. The first-order valence-corrected chi connectivity index (χ1v) is 6.27. The summed E-state index contributed by atoms with van der Waals surface area (Å²) in [5.41, 5.74) is 3.25. The van der Waals surface area contributed by atoms with Gasteiger partial charge in [0, 0.05) is 42.0 Å². The van der Waals surface area contributed by atoms with E-state index in [0.29, 0.717) is 5.95 Å². The van der Waals surface area contributed by atoms with Crippen molar-refractivity contribution in [3.8, 4) is 0 Å². The zero-order valence-corrected chi connectivity index (χ0v) is 10.5. The number of halogens is 1. The molecule has 1 aromatic heterocycles. The first-order chi connectivity index (χ1) is 8.81. The fourth-order valence-electron chi connectivity index (χ4n) is 1.96. The molecule has 18 heavy (non-hydrogen) atoms. The molecule has 0 unspecified atom stereocenters. The molecule has 0 radical (unpaired) electrons. The van der Waals surface area contributed by atoms with Crippen molar-refractivity contribution < 1.29 is 0 Å². The highest BCUT2D eigenvalue weighted by Crippen LogP contribution is 2.18. The lowest BCUT2D eigenvalue weighted by Crippen LogP contribution is -2.25. The van der Waals surface area contributed by atoms with Gasteiger partial charge in [-0.2, -0.15) is 0 Å². The van der Waals surface area contributed by atoms with Crippen LogP contribution >= 0.6 is 11.6 Å². The molecule has 1 aliphatic heterocycles. The van der Waals surface area contributed by atoms with Crippen molar-refractivity contribution in [3.05, 3.63) is 46.7 Å². The van der Waals surface area contributed by atoms with Gasteiger partial charge >= 0.3 is 0 Å². The van der Waals surface area contributed by atoms with Crippen LogP contribution in [0.3, 0.4) is 0 Å². The second kappa shape index (κ2) is 4.92. The molecular formula is C13H13ClN4. The largest absolute Gasteiger partial charge is 0.324 e. The number of nitrogens with zero attached hydrogens (tertiary/aromatic N) is 2. The Kier molecular flexibility index (Phi) is 3.13. The summed E-state index contributed by atoms with van der Waals surface area (Å²) in [5.74, 6) is 0.637. The first-order valence-electron chi connectivity index (χ1n) is 5.89. The third kappa shape index (κ3) is 2.44. The zero-order valence-electron chi connectivity index (χ0n) is 9.78. The monoisotopic (exact) mass is 260 g/mol. The molecule has 0 bridgehead atoms. The SMILES string of the molecule is Clc1ccc(Nc2ncc3c(n2)CCNC3)cc1. The minimum atomic E-state index is 0.637. The van der Waals surface area contributed by atoms with E-state index in [9.17, 15) is 0 Å². The second-order valence-electron chi connectivity index (χ2n) is 4.22. The Morgan fingerprint density at radius 3 is 2.89 bits per heavy atom. The molecule has 0 spiro atoms. The Morgan fingerprint density at radius 2 is 2.06 bits per heavy atom. The minimum Gasteiger partial charge on any atom is -0.324 e. The molecule has 0 amide bonds. The Bertz CT molecular complexity index is 553. The lowest BCUT2D eigenvalue weighted by atomic mass is 10.1. The van der Waals surface area contributed by atoms with Crippen molar-refractivity contribution in [2.24, 2.45) is 0 Å². The molecule has 2 heterocycles. The number of anilines is 2. The summed E-state index contributed by atoms with van der Waals surface area (Å²) in [6, 6.07) is 7.50. The van der Waals surface area contributed by atoms with Crippen LogP contribution in [0.5, 0.6) is 0 Å². The molecule has 4 nitrogen and oxygen atoms in total. The quantitative estimate of drug-likeness (QED) is 0.871. The third-order valence-electron chi connectivity index (χ3n) is 2.91. The Labute approximate surface area is 110 Å². The van der Waals surface area contributed by atoms with E-state index in [0.717, 1.165) is 35.9 Å². The van der Waals surface area contributed by atoms with Crippen molar-refractivity contribution in [2.45, 2.75) is 13.0 Å². The van der Waals surface area contributed by atoms with E-state index in [2.05, 4.69) is 20.6 Å². The van der Waals surface area contributed by atoms with Gasteiger partial charge in [-0.15, -0.1) is 0 Å². The molecule has 3 rings (SSSR count). The van der Waals surface area contributed by atoms with Crippen molar-refractivity contribution >= 4 is 23.2 Å². The van der Waals surface area contributed by atoms with Crippen LogP contribution in [-0.2, 0) is 13.0 Å². The average molecular weight is 261 g/mol. The fraction of sp³-hybridized carbons (Fsp3) is 0.231. The van der Waals surface area contributed by atoms with E-state index in [1.807, 2.05) is 30.5 Å². The van der Waals surface area contributed by atoms with Gasteiger partial charge in [-0.05, 0) is 24.3 Å². The molecule has 0 saturated carbocycles. The highest BCUT2D eigenvalue weighted by atomic mass is 35.5. The Morgan fingerprint density at radius 1 is 1.22 bits per heavy atom. The fourth-order valence-corrected chi connectivity index (χ4v) is 2.08. The predicted octanol–water partition coefficient (Wildman–Crippen LogP) is 2.52. The van der Waals surface area contributed by atoms with Gasteiger partial charge in [-0.1, -0.05) is 11.6 Å². The number of aromatic nitrogens is 2. The molecule has 2 aromatic rings. The molecule has 5 heteroatoms. The summed E-state index contributed by atoms with van der Waals surface area (Å²) in [6.45, 7) is 1.83. The molecule has 92 valence electrons. The average Bonchev–Trinajstić information content (AvgIpc) is 2.41. The summed E-state index contributed by atoms with van der Waals surface area (Å²) in [5, 5.41) is 7.20. The van der Waals surface area contributed by atoms with Crippen LogP contribution in [0.1, 0.15) is 11.3 Å². The van der Waals surface area contributed by atoms with Crippen LogP contribution in [0.2, 0.25) is 5.02 Å². The maximum atomic E-state index is 5.84. The number of nitrogens with one attached hydrogen (secondary N) is 2. The zero-order chi connectivity index (χ0) is 12.4. The third-order valence-corrected chi connectivity index (χ3v) is 3.16. The van der Waals surface area contributed by atoms with Crippen LogP contribution in [-0.4, -0.2) is 16.5 Å². The maximum Gasteiger partial charge on any atom is 0.227 e. The van der Waals surface area contributed by atoms with Gasteiger partial charge in [0.05, 0.1) is 5.69 Å². The van der Waals surface area contributed by atoms with Gasteiger partial charge in [-0.25, -0.2) is 9.97 Å². The lowest BCUT2D eigenvalue weighted by molar-refractivity contribution is 0.627. The number of rotatable bonds is 2. The van der Waals surface area contributed by atoms with Gasteiger partial charge in [0.25, 0.3) is 0 Å². The number of fused-ring (bicyclic) bond motifs is 1. The van der Waals surface area contributed by atoms with Crippen molar-refractivity contribution in [2.75, 3.05) is 11.9 Å². The first kappa shape index (κ1) is 11.4. The van der Waals surface area contributed by atoms with Crippen LogP contribution in [0.25, 0.3) is 0 Å². The summed E-state index contributed by atoms with van der Waals surface area (Å²) in [6.07, 6.45) is 2.83. The van der Waals surface area contributed by atoms with Crippen LogP contribution in [0.15, 0.2) is 30.5 Å². The van der Waals surface area contributed by atoms with Gasteiger partial charge in [-0.3, -0.25) is 0 Å². The van der Waals surface area contributed by atoms with Crippen molar-refractivity contribution in [1.29, 1.82) is 0 Å². The predicted molar refractivity (Wildman–Crippen MR) is 72.2 cm³/mol. The Hall–Kier alpha value is -1.65. The van der Waals surface area contributed by atoms with E-state index in [1.54, 1.807) is 0 Å². The molecule has 2 N–H and O–H groups in total. The summed E-state index contributed by atoms with van der Waals surface area (Å²) in [4.78, 5) is 8.85. The van der Waals surface area contributed by atoms with Crippen LogP contribution < -0.4 is 10.6 Å². The molecule has 1 aliphatic rings. The van der Waals surface area contributed by atoms with Crippen LogP contribution in [0.4, 0.5) is 11.6 Å². The molecule has 1 aromatic carbocycles. The molecule has 0 saturated heterocycles. The Balaban J connectivity index is 1.82. The summed E-state index contributed by atoms with van der Waals surface area (Å²) in [7, 11) is 0. The second-order valence-corrected chi connectivity index (χ2v) is 4.66. The summed E-state index contributed by atoms with van der Waals surface area (Å²) >= 11 is 5.84. The number of hydrogen-bond acceptors (Lipinski definition) is 4. The van der Waals surface area contributed by atoms with Gasteiger partial charge < -0.3 is 10.6 Å². The minimum absolute atomic E-state index is 0.637. The smallest absolute Gasteiger partial charge is 0.227 e. The van der Waals surface area contributed by atoms with Gasteiger partial charge in [0.1, 0.15) is 0 Å². The van der Waals surface area contributed by atoms with Crippen molar-refractivity contribution in [1.82, 2.24) is 15.3 Å².